The fraction of sp³-hybridized carbons (Fsp3) is 0.467. The number of piperidine rings is 1. The Hall–Kier alpha value is -1.86. The third-order valence-corrected chi connectivity index (χ3v) is 3.95. The van der Waals surface area contributed by atoms with E-state index in [4.69, 9.17) is 27.4 Å². The minimum Gasteiger partial charge on any atom is -0.445 e. The summed E-state index contributed by atoms with van der Waals surface area (Å²) in [7, 11) is 1.61. The highest BCUT2D eigenvalue weighted by atomic mass is 32.1. The number of amides is 1. The SMILES string of the molecule is CO[C@@H]1CN(C(N)=S)CC[C@@H]1NC(=O)OCc1ccccc1. The number of hydrogen-bond donors (Lipinski definition) is 2. The zero-order valence-electron chi connectivity index (χ0n) is 12.5. The quantitative estimate of drug-likeness (QED) is 0.812. The maximum absolute atomic E-state index is 11.9. The number of carbonyl (C=O) groups is 1. The molecule has 1 aliphatic rings. The second-order valence-electron chi connectivity index (χ2n) is 5.16. The van der Waals surface area contributed by atoms with E-state index in [-0.39, 0.29) is 18.8 Å². The molecule has 1 saturated heterocycles. The fourth-order valence-electron chi connectivity index (χ4n) is 2.44. The summed E-state index contributed by atoms with van der Waals surface area (Å²) in [5, 5.41) is 3.21. The van der Waals surface area contributed by atoms with Crippen LogP contribution in [0.3, 0.4) is 0 Å². The molecule has 1 fully saturated rings. The molecule has 2 rings (SSSR count). The summed E-state index contributed by atoms with van der Waals surface area (Å²) in [5.74, 6) is 0. The molecule has 0 spiro atoms. The van der Waals surface area contributed by atoms with Crippen LogP contribution in [0.25, 0.3) is 0 Å². The maximum Gasteiger partial charge on any atom is 0.407 e. The van der Waals surface area contributed by atoms with Crippen LogP contribution in [0.4, 0.5) is 4.79 Å². The number of ether oxygens (including phenoxy) is 2. The lowest BCUT2D eigenvalue weighted by atomic mass is 10.0. The molecule has 1 aliphatic heterocycles. The molecule has 1 aromatic rings. The van der Waals surface area contributed by atoms with Gasteiger partial charge in [0, 0.05) is 20.2 Å². The van der Waals surface area contributed by atoms with Gasteiger partial charge in [0.15, 0.2) is 5.11 Å². The molecule has 120 valence electrons. The lowest BCUT2D eigenvalue weighted by Gasteiger charge is -2.38. The van der Waals surface area contributed by atoms with Crippen LogP contribution in [0, 0.1) is 0 Å². The highest BCUT2D eigenvalue weighted by Crippen LogP contribution is 2.14. The lowest BCUT2D eigenvalue weighted by molar-refractivity contribution is 0.0240. The van der Waals surface area contributed by atoms with E-state index in [1.54, 1.807) is 7.11 Å². The Bertz CT molecular complexity index is 512. The van der Waals surface area contributed by atoms with Crippen LogP contribution in [0.15, 0.2) is 30.3 Å². The van der Waals surface area contributed by atoms with Gasteiger partial charge in [0.1, 0.15) is 6.61 Å². The second kappa shape index (κ2) is 7.95. The maximum atomic E-state index is 11.9. The Balaban J connectivity index is 1.81. The van der Waals surface area contributed by atoms with Gasteiger partial charge in [0.25, 0.3) is 0 Å². The number of alkyl carbamates (subject to hydrolysis) is 1. The van der Waals surface area contributed by atoms with Crippen LogP contribution < -0.4 is 11.1 Å². The molecule has 0 radical (unpaired) electrons. The third kappa shape index (κ3) is 4.57. The molecule has 0 saturated carbocycles. The molecule has 1 heterocycles. The monoisotopic (exact) mass is 323 g/mol. The third-order valence-electron chi connectivity index (χ3n) is 3.69. The molecule has 22 heavy (non-hydrogen) atoms. The molecular weight excluding hydrogens is 302 g/mol. The predicted octanol–water partition coefficient (Wildman–Crippen LogP) is 1.25. The first-order valence-corrected chi connectivity index (χ1v) is 7.55. The highest BCUT2D eigenvalue weighted by Gasteiger charge is 2.31. The van der Waals surface area contributed by atoms with Crippen LogP contribution in [-0.2, 0) is 16.1 Å². The summed E-state index contributed by atoms with van der Waals surface area (Å²) in [6, 6.07) is 9.44. The molecule has 3 N–H and O–H groups in total. The lowest BCUT2D eigenvalue weighted by Crippen LogP contribution is -2.56. The van der Waals surface area contributed by atoms with Crippen molar-refractivity contribution >= 4 is 23.4 Å². The largest absolute Gasteiger partial charge is 0.445 e. The van der Waals surface area contributed by atoms with Gasteiger partial charge in [-0.2, -0.15) is 0 Å². The zero-order chi connectivity index (χ0) is 15.9. The summed E-state index contributed by atoms with van der Waals surface area (Å²) >= 11 is 4.97. The number of carbonyl (C=O) groups excluding carboxylic acids is 1. The van der Waals surface area contributed by atoms with Crippen molar-refractivity contribution < 1.29 is 14.3 Å². The summed E-state index contributed by atoms with van der Waals surface area (Å²) in [6.45, 7) is 1.50. The van der Waals surface area contributed by atoms with Gasteiger partial charge in [-0.1, -0.05) is 30.3 Å². The zero-order valence-corrected chi connectivity index (χ0v) is 13.3. The van der Waals surface area contributed by atoms with E-state index in [2.05, 4.69) is 5.32 Å². The summed E-state index contributed by atoms with van der Waals surface area (Å²) < 4.78 is 10.6. The van der Waals surface area contributed by atoms with Crippen molar-refractivity contribution in [2.75, 3.05) is 20.2 Å². The Kier molecular flexibility index (Phi) is 5.97. The average molecular weight is 323 g/mol. The van der Waals surface area contributed by atoms with E-state index < -0.39 is 6.09 Å². The Morgan fingerprint density at radius 1 is 1.45 bits per heavy atom. The van der Waals surface area contributed by atoms with Crippen LogP contribution in [0.2, 0.25) is 0 Å². The number of nitrogens with one attached hydrogen (secondary N) is 1. The van der Waals surface area contributed by atoms with Gasteiger partial charge >= 0.3 is 6.09 Å². The molecule has 0 bridgehead atoms. The molecule has 0 aliphatic carbocycles. The summed E-state index contributed by atoms with van der Waals surface area (Å²) in [6.07, 6.45) is 0.0928. The van der Waals surface area contributed by atoms with Crippen molar-refractivity contribution in [1.82, 2.24) is 10.2 Å². The summed E-state index contributed by atoms with van der Waals surface area (Å²) in [5.41, 5.74) is 6.58. The number of nitrogens with two attached hydrogens (primary N) is 1. The van der Waals surface area contributed by atoms with Gasteiger partial charge in [-0.3, -0.25) is 0 Å². The van der Waals surface area contributed by atoms with Gasteiger partial charge in [0.05, 0.1) is 12.1 Å². The molecule has 0 unspecified atom stereocenters. The Morgan fingerprint density at radius 3 is 2.82 bits per heavy atom. The number of rotatable bonds is 4. The van der Waals surface area contributed by atoms with Gasteiger partial charge in [0.2, 0.25) is 0 Å². The van der Waals surface area contributed by atoms with Crippen molar-refractivity contribution in [2.24, 2.45) is 5.73 Å². The van der Waals surface area contributed by atoms with Gasteiger partial charge in [-0.25, -0.2) is 4.79 Å². The van der Waals surface area contributed by atoms with Gasteiger partial charge in [-0.05, 0) is 24.2 Å². The van der Waals surface area contributed by atoms with Crippen LogP contribution in [-0.4, -0.2) is 48.5 Å². The van der Waals surface area contributed by atoms with Crippen molar-refractivity contribution in [2.45, 2.75) is 25.2 Å². The van der Waals surface area contributed by atoms with Crippen molar-refractivity contribution in [3.8, 4) is 0 Å². The number of methoxy groups -OCH3 is 1. The molecule has 2 atom stereocenters. The fourth-order valence-corrected chi connectivity index (χ4v) is 2.60. The number of thiocarbonyl (C=S) groups is 1. The minimum atomic E-state index is -0.445. The van der Waals surface area contributed by atoms with E-state index in [0.29, 0.717) is 24.6 Å². The standard InChI is InChI=1S/C15H21N3O3S/c1-20-13-9-18(14(16)22)8-7-12(13)17-15(19)21-10-11-5-3-2-4-6-11/h2-6,12-13H,7-10H2,1H3,(H2,16,22)(H,17,19)/t12-,13+/m0/s1. The van der Waals surface area contributed by atoms with Crippen molar-refractivity contribution in [1.29, 1.82) is 0 Å². The number of likely N-dealkylation sites (tertiary alicyclic amines) is 1. The Labute approximate surface area is 135 Å². The number of benzene rings is 1. The normalized spacial score (nSPS) is 21.2. The first-order valence-electron chi connectivity index (χ1n) is 7.14. The van der Waals surface area contributed by atoms with Crippen LogP contribution in [0.5, 0.6) is 0 Å². The van der Waals surface area contributed by atoms with Gasteiger partial charge < -0.3 is 25.4 Å². The van der Waals surface area contributed by atoms with E-state index in [9.17, 15) is 4.79 Å². The van der Waals surface area contributed by atoms with Crippen molar-refractivity contribution in [3.63, 3.8) is 0 Å². The molecule has 0 aromatic heterocycles. The Morgan fingerprint density at radius 2 is 2.18 bits per heavy atom. The highest BCUT2D eigenvalue weighted by molar-refractivity contribution is 7.80. The van der Waals surface area contributed by atoms with E-state index in [0.717, 1.165) is 5.56 Å². The summed E-state index contributed by atoms with van der Waals surface area (Å²) in [4.78, 5) is 13.8. The van der Waals surface area contributed by atoms with Gasteiger partial charge in [-0.15, -0.1) is 0 Å². The average Bonchev–Trinajstić information content (AvgIpc) is 2.54. The van der Waals surface area contributed by atoms with Crippen LogP contribution >= 0.6 is 12.2 Å². The minimum absolute atomic E-state index is 0.112. The van der Waals surface area contributed by atoms with Crippen molar-refractivity contribution in [3.05, 3.63) is 35.9 Å². The number of nitrogens with zero attached hydrogens (tertiary/aromatic N) is 1. The second-order valence-corrected chi connectivity index (χ2v) is 5.58. The van der Waals surface area contributed by atoms with E-state index >= 15 is 0 Å². The van der Waals surface area contributed by atoms with Crippen LogP contribution in [0.1, 0.15) is 12.0 Å². The van der Waals surface area contributed by atoms with E-state index in [1.165, 1.54) is 0 Å². The van der Waals surface area contributed by atoms with E-state index in [1.807, 2.05) is 35.2 Å². The first-order chi connectivity index (χ1) is 10.6. The molecule has 6 nitrogen and oxygen atoms in total. The smallest absolute Gasteiger partial charge is 0.407 e. The molecule has 7 heteroatoms. The molecule has 1 aromatic carbocycles. The molecule has 1 amide bonds. The predicted molar refractivity (Wildman–Crippen MR) is 87.3 cm³/mol. The molecular formula is C15H21N3O3S. The topological polar surface area (TPSA) is 76.8 Å². The first kappa shape index (κ1) is 16.5. The number of hydrogen-bond acceptors (Lipinski definition) is 4.